The van der Waals surface area contributed by atoms with Crippen LogP contribution >= 0.6 is 0 Å². The highest BCUT2D eigenvalue weighted by Crippen LogP contribution is 2.44. The van der Waals surface area contributed by atoms with Crippen LogP contribution in [0, 0.1) is 56.7 Å². The molecule has 0 radical (unpaired) electrons. The fourth-order valence-corrected chi connectivity index (χ4v) is 12.4. The summed E-state index contributed by atoms with van der Waals surface area (Å²) in [5, 5.41) is 59.2. The van der Waals surface area contributed by atoms with Crippen molar-refractivity contribution in [2.45, 2.75) is 0 Å². The van der Waals surface area contributed by atoms with E-state index in [1.807, 2.05) is 41.0 Å². The molecule has 0 saturated carbocycles. The minimum atomic E-state index is 0.253. The van der Waals surface area contributed by atoms with Crippen molar-refractivity contribution in [3.05, 3.63) is 252 Å². The fourth-order valence-electron chi connectivity index (χ4n) is 12.4. The Bertz CT molecular complexity index is 5370. The predicted molar refractivity (Wildman–Crippen MR) is 318 cm³/mol. The molecular weight excluding hydrogens is 979 g/mol. The van der Waals surface area contributed by atoms with Crippen molar-refractivity contribution in [3.63, 3.8) is 0 Å². The van der Waals surface area contributed by atoms with Crippen LogP contribution in [0.4, 0.5) is 0 Å². The summed E-state index contributed by atoms with van der Waals surface area (Å²) in [5.74, 6) is 0. The summed E-state index contributed by atoms with van der Waals surface area (Å²) in [6.45, 7) is 0. The van der Waals surface area contributed by atoms with Crippen LogP contribution in [0.1, 0.15) is 27.8 Å². The first-order valence-corrected chi connectivity index (χ1v) is 26.0. The lowest BCUT2D eigenvalue weighted by Gasteiger charge is -2.13. The normalized spacial score (nSPS) is 11.4. The highest BCUT2D eigenvalue weighted by molar-refractivity contribution is 6.21. The summed E-state index contributed by atoms with van der Waals surface area (Å²) in [5.41, 5.74) is 17.0. The van der Waals surface area contributed by atoms with Gasteiger partial charge in [-0.2, -0.15) is 26.3 Å². The molecule has 0 N–H and O–H groups in total. The molecule has 15 rings (SSSR count). The van der Waals surface area contributed by atoms with E-state index in [0.717, 1.165) is 127 Å². The number of rotatable bonds is 6. The van der Waals surface area contributed by atoms with Gasteiger partial charge in [-0.05, 0) is 131 Å². The van der Waals surface area contributed by atoms with Gasteiger partial charge in [0.25, 0.3) is 0 Å². The van der Waals surface area contributed by atoms with E-state index in [-0.39, 0.29) is 16.7 Å². The number of fused-ring (bicyclic) bond motifs is 12. The molecule has 9 heteroatoms. The molecule has 0 atom stereocenters. The highest BCUT2D eigenvalue weighted by atomic mass is 15.0. The molecule has 0 saturated heterocycles. The average molecular weight is 1020 g/mol. The van der Waals surface area contributed by atoms with Crippen molar-refractivity contribution in [1.82, 2.24) is 18.3 Å². The number of para-hydroxylation sites is 4. The second-order valence-corrected chi connectivity index (χ2v) is 20.1. The Balaban J connectivity index is 0.831. The van der Waals surface area contributed by atoms with Crippen molar-refractivity contribution in [2.75, 3.05) is 0 Å². The molecule has 0 fully saturated rings. The van der Waals surface area contributed by atoms with E-state index < -0.39 is 0 Å². The molecule has 0 amide bonds. The van der Waals surface area contributed by atoms with E-state index in [9.17, 15) is 26.3 Å². The summed E-state index contributed by atoms with van der Waals surface area (Å²) in [6, 6.07) is 87.9. The third-order valence-corrected chi connectivity index (χ3v) is 15.9. The monoisotopic (exact) mass is 1020 g/mol. The number of hydrogen-bond donors (Lipinski definition) is 0. The summed E-state index contributed by atoms with van der Waals surface area (Å²) in [6.07, 6.45) is 0. The van der Waals surface area contributed by atoms with E-state index in [1.54, 1.807) is 24.3 Å². The second-order valence-electron chi connectivity index (χ2n) is 20.1. The van der Waals surface area contributed by atoms with Gasteiger partial charge in [-0.25, -0.2) is 0 Å². The van der Waals surface area contributed by atoms with Crippen LogP contribution in [-0.2, 0) is 0 Å². The third kappa shape index (κ3) is 6.65. The van der Waals surface area contributed by atoms with Gasteiger partial charge >= 0.3 is 0 Å². The van der Waals surface area contributed by atoms with E-state index in [2.05, 4.69) is 208 Å². The third-order valence-electron chi connectivity index (χ3n) is 15.9. The maximum atomic E-state index is 10.4. The zero-order chi connectivity index (χ0) is 53.8. The molecule has 11 aromatic carbocycles. The number of benzene rings is 11. The lowest BCUT2D eigenvalue weighted by Crippen LogP contribution is -2.02. The van der Waals surface area contributed by atoms with Crippen LogP contribution in [0.25, 0.3) is 132 Å². The Labute approximate surface area is 457 Å². The van der Waals surface area contributed by atoms with Crippen LogP contribution in [0.15, 0.2) is 224 Å². The minimum Gasteiger partial charge on any atom is -0.309 e. The first-order chi connectivity index (χ1) is 39.4. The topological polar surface area (TPSA) is 139 Å². The Morgan fingerprint density at radius 2 is 0.637 bits per heavy atom. The van der Waals surface area contributed by atoms with Crippen LogP contribution in [-0.4, -0.2) is 18.3 Å². The summed E-state index contributed by atoms with van der Waals surface area (Å²) >= 11 is 0. The van der Waals surface area contributed by atoms with Crippen LogP contribution in [0.3, 0.4) is 0 Å². The largest absolute Gasteiger partial charge is 0.309 e. The van der Waals surface area contributed by atoms with Crippen molar-refractivity contribution < 1.29 is 0 Å². The van der Waals surface area contributed by atoms with E-state index in [0.29, 0.717) is 16.8 Å². The zero-order valence-electron chi connectivity index (χ0n) is 42.4. The maximum absolute atomic E-state index is 10.4. The van der Waals surface area contributed by atoms with Crippen LogP contribution in [0.2, 0.25) is 0 Å². The maximum Gasteiger partial charge on any atom is 0.101 e. The molecule has 0 bridgehead atoms. The Hall–Kier alpha value is -11.9. The molecule has 0 aliphatic carbocycles. The first kappa shape index (κ1) is 45.5. The van der Waals surface area contributed by atoms with Gasteiger partial charge in [0.15, 0.2) is 0 Å². The molecule has 0 aliphatic heterocycles. The molecule has 80 heavy (non-hydrogen) atoms. The zero-order valence-corrected chi connectivity index (χ0v) is 42.4. The molecule has 4 heterocycles. The highest BCUT2D eigenvalue weighted by Gasteiger charge is 2.24. The number of nitriles is 5. The minimum absolute atomic E-state index is 0.253. The Morgan fingerprint density at radius 1 is 0.237 bits per heavy atom. The summed E-state index contributed by atoms with van der Waals surface area (Å²) in [7, 11) is 0. The number of aromatic nitrogens is 4. The fraction of sp³-hybridized carbons (Fsp3) is 0. The molecule has 9 nitrogen and oxygen atoms in total. The predicted octanol–water partition coefficient (Wildman–Crippen LogP) is 16.8. The van der Waals surface area contributed by atoms with Gasteiger partial charge in [-0.15, -0.1) is 0 Å². The molecule has 0 spiro atoms. The van der Waals surface area contributed by atoms with Gasteiger partial charge in [0.05, 0.1) is 95.5 Å². The molecular formula is C71H37N9. The van der Waals surface area contributed by atoms with E-state index in [1.165, 1.54) is 0 Å². The van der Waals surface area contributed by atoms with Gasteiger partial charge in [0.2, 0.25) is 0 Å². The van der Waals surface area contributed by atoms with Gasteiger partial charge < -0.3 is 18.3 Å². The van der Waals surface area contributed by atoms with Crippen molar-refractivity contribution >= 4 is 87.2 Å². The van der Waals surface area contributed by atoms with Crippen molar-refractivity contribution in [3.8, 4) is 75.3 Å². The smallest absolute Gasteiger partial charge is 0.101 e. The van der Waals surface area contributed by atoms with Gasteiger partial charge in [-0.1, -0.05) is 115 Å². The Morgan fingerprint density at radius 3 is 1.19 bits per heavy atom. The molecule has 4 aromatic heterocycles. The lowest BCUT2D eigenvalue weighted by molar-refractivity contribution is 1.15. The average Bonchev–Trinajstić information content (AvgIpc) is 4.39. The number of hydrogen-bond acceptors (Lipinski definition) is 5. The number of nitrogens with zero attached hydrogens (tertiary/aromatic N) is 9. The van der Waals surface area contributed by atoms with Gasteiger partial charge in [-0.3, -0.25) is 0 Å². The SMILES string of the molecule is N#Cc1ccc(-n2c3ccccc3c3cc4c5cc(-c6ccc(-c7ccc(-n8c9ccccc9c9cc%10c%11ccccc%11n(-c%11c(C#N)cc(C#N)cc%11C#N)c%10cc98)cc7)cc6)ccc5n(-c5ccccc5)c4cc32)c(C#N)c1. The second kappa shape index (κ2) is 17.6. The van der Waals surface area contributed by atoms with Crippen LogP contribution < -0.4 is 0 Å². The van der Waals surface area contributed by atoms with Crippen molar-refractivity contribution in [1.29, 1.82) is 26.3 Å². The summed E-state index contributed by atoms with van der Waals surface area (Å²) in [4.78, 5) is 0. The molecule has 15 aromatic rings. The lowest BCUT2D eigenvalue weighted by atomic mass is 9.98. The first-order valence-electron chi connectivity index (χ1n) is 26.0. The van der Waals surface area contributed by atoms with E-state index >= 15 is 0 Å². The quantitative estimate of drug-likeness (QED) is 0.163. The molecule has 0 unspecified atom stereocenters. The van der Waals surface area contributed by atoms with Gasteiger partial charge in [0, 0.05) is 54.5 Å². The standard InChI is InChI=1S/C71H37N9/c72-38-43-18-28-62(49(30-43)40-74)79-64-16-8-5-13-55(64)59-35-61-57-33-48(25-29-66(57)77(68(61)36-69(59)79)52-10-2-1-3-11-52)47-21-19-45(20-22-47)46-23-26-53(27-24-46)78-63-15-7-4-12-54(63)58-34-60-56-14-6-9-17-65(56)80(70(60)37-67(58)78)71-50(41-75)31-44(39-73)32-51(71)42-76/h1-37H. The van der Waals surface area contributed by atoms with Crippen molar-refractivity contribution in [2.24, 2.45) is 0 Å². The molecule has 0 aliphatic rings. The Kier molecular flexibility index (Phi) is 9.99. The summed E-state index contributed by atoms with van der Waals surface area (Å²) < 4.78 is 8.76. The van der Waals surface area contributed by atoms with Crippen LogP contribution in [0.5, 0.6) is 0 Å². The molecule has 366 valence electrons. The van der Waals surface area contributed by atoms with E-state index in [4.69, 9.17) is 0 Å². The van der Waals surface area contributed by atoms with Gasteiger partial charge in [0.1, 0.15) is 18.2 Å².